The van der Waals surface area contributed by atoms with Crippen LogP contribution in [0, 0.1) is 6.92 Å². The lowest BCUT2D eigenvalue weighted by Crippen LogP contribution is -1.95. The lowest BCUT2D eigenvalue weighted by atomic mass is 10.2. The number of thiophene rings is 1. The molecule has 0 saturated heterocycles. The van der Waals surface area contributed by atoms with E-state index in [0.29, 0.717) is 6.61 Å². The molecule has 4 heteroatoms. The zero-order valence-electron chi connectivity index (χ0n) is 10.4. The molecule has 0 N–H and O–H groups in total. The number of ether oxygens (including phenoxy) is 1. The first-order valence-electron chi connectivity index (χ1n) is 5.96. The number of pyridine rings is 1. The first-order valence-corrected chi connectivity index (χ1v) is 7.57. The Labute approximate surface area is 124 Å². The Morgan fingerprint density at radius 3 is 2.84 bits per heavy atom. The Balaban J connectivity index is 1.90. The highest BCUT2D eigenvalue weighted by atomic mass is 79.9. The number of aryl methyl sites for hydroxylation is 1. The van der Waals surface area contributed by atoms with Crippen molar-refractivity contribution in [2.24, 2.45) is 0 Å². The maximum atomic E-state index is 5.90. The van der Waals surface area contributed by atoms with E-state index < -0.39 is 0 Å². The predicted molar refractivity (Wildman–Crippen MR) is 82.8 cm³/mol. The van der Waals surface area contributed by atoms with Crippen molar-refractivity contribution in [2.45, 2.75) is 13.5 Å². The van der Waals surface area contributed by atoms with Crippen molar-refractivity contribution in [1.29, 1.82) is 0 Å². The van der Waals surface area contributed by atoms with Crippen molar-refractivity contribution in [1.82, 2.24) is 4.98 Å². The van der Waals surface area contributed by atoms with Crippen molar-refractivity contribution >= 4 is 38.2 Å². The highest BCUT2D eigenvalue weighted by molar-refractivity contribution is 9.11. The molecule has 0 aliphatic carbocycles. The predicted octanol–water partition coefficient (Wildman–Crippen LogP) is 4.95. The third-order valence-electron chi connectivity index (χ3n) is 2.82. The van der Waals surface area contributed by atoms with E-state index in [1.54, 1.807) is 11.3 Å². The number of nitrogens with zero attached hydrogens (tertiary/aromatic N) is 1. The zero-order chi connectivity index (χ0) is 13.2. The molecule has 1 aromatic carbocycles. The monoisotopic (exact) mass is 333 g/mol. The van der Waals surface area contributed by atoms with E-state index in [1.165, 1.54) is 4.88 Å². The Hall–Kier alpha value is -1.39. The Bertz CT molecular complexity index is 723. The van der Waals surface area contributed by atoms with E-state index in [4.69, 9.17) is 4.74 Å². The standard InChI is InChI=1S/C15H12BrNOS/c1-10-5-6-11-3-2-4-13(15(11)17-10)18-9-12-7-8-14(16)19-12/h2-8H,9H2,1H3. The van der Waals surface area contributed by atoms with Crippen LogP contribution in [0.2, 0.25) is 0 Å². The van der Waals surface area contributed by atoms with E-state index in [2.05, 4.69) is 39.1 Å². The highest BCUT2D eigenvalue weighted by Gasteiger charge is 2.05. The molecule has 0 bridgehead atoms. The van der Waals surface area contributed by atoms with Gasteiger partial charge in [-0.2, -0.15) is 0 Å². The second kappa shape index (κ2) is 5.31. The Morgan fingerprint density at radius 1 is 1.16 bits per heavy atom. The molecule has 0 unspecified atom stereocenters. The van der Waals surface area contributed by atoms with Gasteiger partial charge < -0.3 is 4.74 Å². The molecule has 0 atom stereocenters. The van der Waals surface area contributed by atoms with E-state index in [1.807, 2.05) is 31.2 Å². The summed E-state index contributed by atoms with van der Waals surface area (Å²) in [4.78, 5) is 5.75. The van der Waals surface area contributed by atoms with Crippen molar-refractivity contribution in [2.75, 3.05) is 0 Å². The van der Waals surface area contributed by atoms with Crippen LogP contribution < -0.4 is 4.74 Å². The third kappa shape index (κ3) is 2.80. The number of para-hydroxylation sites is 1. The summed E-state index contributed by atoms with van der Waals surface area (Å²) < 4.78 is 7.02. The van der Waals surface area contributed by atoms with Gasteiger partial charge in [0.2, 0.25) is 0 Å². The summed E-state index contributed by atoms with van der Waals surface area (Å²) in [5.74, 6) is 0.839. The highest BCUT2D eigenvalue weighted by Crippen LogP contribution is 2.27. The second-order valence-electron chi connectivity index (χ2n) is 4.27. The van der Waals surface area contributed by atoms with Gasteiger partial charge in [-0.25, -0.2) is 4.98 Å². The summed E-state index contributed by atoms with van der Waals surface area (Å²) in [5, 5.41) is 1.11. The number of rotatable bonds is 3. The quantitative estimate of drug-likeness (QED) is 0.676. The van der Waals surface area contributed by atoms with Gasteiger partial charge in [0.1, 0.15) is 17.9 Å². The van der Waals surface area contributed by atoms with Crippen LogP contribution in [0.1, 0.15) is 10.6 Å². The van der Waals surface area contributed by atoms with Crippen LogP contribution in [-0.2, 0) is 6.61 Å². The molecule has 0 fully saturated rings. The smallest absolute Gasteiger partial charge is 0.146 e. The number of aromatic nitrogens is 1. The van der Waals surface area contributed by atoms with Gasteiger partial charge in [-0.15, -0.1) is 11.3 Å². The maximum Gasteiger partial charge on any atom is 0.146 e. The molecular weight excluding hydrogens is 322 g/mol. The van der Waals surface area contributed by atoms with Gasteiger partial charge in [-0.05, 0) is 47.1 Å². The van der Waals surface area contributed by atoms with Crippen LogP contribution in [0.4, 0.5) is 0 Å². The summed E-state index contributed by atoms with van der Waals surface area (Å²) in [6.45, 7) is 2.57. The number of hydrogen-bond donors (Lipinski definition) is 0. The van der Waals surface area contributed by atoms with Gasteiger partial charge in [-0.3, -0.25) is 0 Å². The lowest BCUT2D eigenvalue weighted by molar-refractivity contribution is 0.313. The Kier molecular flexibility index (Phi) is 3.53. The molecule has 19 heavy (non-hydrogen) atoms. The second-order valence-corrected chi connectivity index (χ2v) is 6.82. The minimum absolute atomic E-state index is 0.574. The first-order chi connectivity index (χ1) is 9.22. The van der Waals surface area contributed by atoms with E-state index >= 15 is 0 Å². The first kappa shape index (κ1) is 12.6. The van der Waals surface area contributed by atoms with Crippen LogP contribution in [0.15, 0.2) is 46.3 Å². The molecule has 2 nitrogen and oxygen atoms in total. The maximum absolute atomic E-state index is 5.90. The van der Waals surface area contributed by atoms with E-state index in [0.717, 1.165) is 26.1 Å². The molecule has 3 rings (SSSR count). The largest absolute Gasteiger partial charge is 0.486 e. The molecule has 3 aromatic rings. The summed E-state index contributed by atoms with van der Waals surface area (Å²) in [6, 6.07) is 14.2. The Morgan fingerprint density at radius 2 is 2.05 bits per heavy atom. The number of fused-ring (bicyclic) bond motifs is 1. The summed E-state index contributed by atoms with van der Waals surface area (Å²) in [6.07, 6.45) is 0. The van der Waals surface area contributed by atoms with Crippen LogP contribution in [0.5, 0.6) is 5.75 Å². The van der Waals surface area contributed by atoms with Crippen molar-refractivity contribution < 1.29 is 4.74 Å². The van der Waals surface area contributed by atoms with Gasteiger partial charge >= 0.3 is 0 Å². The average Bonchev–Trinajstić information content (AvgIpc) is 2.82. The van der Waals surface area contributed by atoms with E-state index in [9.17, 15) is 0 Å². The number of hydrogen-bond acceptors (Lipinski definition) is 3. The van der Waals surface area contributed by atoms with Crippen molar-refractivity contribution in [3.05, 3.63) is 56.8 Å². The van der Waals surface area contributed by atoms with Gasteiger partial charge in [-0.1, -0.05) is 18.2 Å². The van der Waals surface area contributed by atoms with Crippen LogP contribution in [0.25, 0.3) is 10.9 Å². The molecular formula is C15H12BrNOS. The topological polar surface area (TPSA) is 22.1 Å². The number of halogens is 1. The van der Waals surface area contributed by atoms with E-state index in [-0.39, 0.29) is 0 Å². The number of benzene rings is 1. The summed E-state index contributed by atoms with van der Waals surface area (Å²) in [5.41, 5.74) is 1.93. The van der Waals surface area contributed by atoms with Crippen LogP contribution in [-0.4, -0.2) is 4.98 Å². The normalized spacial score (nSPS) is 10.8. The molecule has 0 amide bonds. The fourth-order valence-electron chi connectivity index (χ4n) is 1.91. The minimum atomic E-state index is 0.574. The van der Waals surface area contributed by atoms with Crippen molar-refractivity contribution in [3.63, 3.8) is 0 Å². The average molecular weight is 334 g/mol. The van der Waals surface area contributed by atoms with Crippen LogP contribution >= 0.6 is 27.3 Å². The molecule has 2 heterocycles. The van der Waals surface area contributed by atoms with Gasteiger partial charge in [0.15, 0.2) is 0 Å². The third-order valence-corrected chi connectivity index (χ3v) is 4.42. The molecule has 0 aliphatic rings. The summed E-state index contributed by atoms with van der Waals surface area (Å²) in [7, 11) is 0. The van der Waals surface area contributed by atoms with Gasteiger partial charge in [0.25, 0.3) is 0 Å². The SMILES string of the molecule is Cc1ccc2cccc(OCc3ccc(Br)s3)c2n1. The molecule has 2 aromatic heterocycles. The molecule has 0 saturated carbocycles. The molecule has 0 radical (unpaired) electrons. The lowest BCUT2D eigenvalue weighted by Gasteiger charge is -2.08. The van der Waals surface area contributed by atoms with Gasteiger partial charge in [0, 0.05) is 16.0 Å². The van der Waals surface area contributed by atoms with Crippen LogP contribution in [0.3, 0.4) is 0 Å². The molecule has 0 spiro atoms. The van der Waals surface area contributed by atoms with Crippen molar-refractivity contribution in [3.8, 4) is 5.75 Å². The fraction of sp³-hybridized carbons (Fsp3) is 0.133. The van der Waals surface area contributed by atoms with Gasteiger partial charge in [0.05, 0.1) is 3.79 Å². The summed E-state index contributed by atoms with van der Waals surface area (Å²) >= 11 is 5.15. The minimum Gasteiger partial charge on any atom is -0.486 e. The molecule has 0 aliphatic heterocycles. The fourth-order valence-corrected chi connectivity index (χ4v) is 3.31. The zero-order valence-corrected chi connectivity index (χ0v) is 12.8. The molecule has 96 valence electrons.